The van der Waals surface area contributed by atoms with Crippen molar-refractivity contribution in [2.75, 3.05) is 13.2 Å². The molecule has 0 heterocycles. The molecule has 0 aliphatic heterocycles. The van der Waals surface area contributed by atoms with Gasteiger partial charge in [0.2, 0.25) is 0 Å². The molecule has 0 aliphatic carbocycles. The van der Waals surface area contributed by atoms with Crippen molar-refractivity contribution < 1.29 is 28.5 Å². The Morgan fingerprint density at radius 2 is 1.34 bits per heavy atom. The van der Waals surface area contributed by atoms with Gasteiger partial charge in [0, 0.05) is 6.42 Å². The first kappa shape index (κ1) is 22.3. The molecule has 6 heteroatoms. The topological polar surface area (TPSA) is 71.1 Å². The Kier molecular flexibility index (Phi) is 8.07. The van der Waals surface area contributed by atoms with Gasteiger partial charge in [0.1, 0.15) is 5.60 Å². The Labute approximate surface area is 171 Å². The van der Waals surface area contributed by atoms with Gasteiger partial charge in [-0.2, -0.15) is 0 Å². The predicted molar refractivity (Wildman–Crippen MR) is 109 cm³/mol. The zero-order chi connectivity index (χ0) is 21.3. The van der Waals surface area contributed by atoms with E-state index >= 15 is 0 Å². The third kappa shape index (κ3) is 6.82. The highest BCUT2D eigenvalue weighted by Gasteiger charge is 2.33. The smallest absolute Gasteiger partial charge is 0.359 e. The van der Waals surface area contributed by atoms with Crippen molar-refractivity contribution in [2.45, 2.75) is 45.8 Å². The second-order valence-corrected chi connectivity index (χ2v) is 6.97. The van der Waals surface area contributed by atoms with Crippen LogP contribution in [0.25, 0.3) is 0 Å². The molecule has 0 fully saturated rings. The highest BCUT2D eigenvalue weighted by Crippen LogP contribution is 2.32. The largest absolute Gasteiger partial charge is 0.484 e. The number of ether oxygens (including phenoxy) is 4. The van der Waals surface area contributed by atoms with E-state index < -0.39 is 23.6 Å². The maximum absolute atomic E-state index is 12.2. The summed E-state index contributed by atoms with van der Waals surface area (Å²) in [6.45, 7) is 7.49. The fraction of sp³-hybridized carbons (Fsp3) is 0.391. The number of rotatable bonds is 10. The number of hydrogen-bond donors (Lipinski definition) is 0. The normalized spacial score (nSPS) is 11.1. The van der Waals surface area contributed by atoms with E-state index in [-0.39, 0.29) is 19.0 Å². The summed E-state index contributed by atoms with van der Waals surface area (Å²) in [5.41, 5.74) is 0.580. The molecule has 2 rings (SSSR count). The Morgan fingerprint density at radius 1 is 0.828 bits per heavy atom. The van der Waals surface area contributed by atoms with Crippen LogP contribution in [0.1, 0.15) is 33.3 Å². The lowest BCUT2D eigenvalue weighted by Gasteiger charge is -2.28. The minimum Gasteiger partial charge on any atom is -0.484 e. The summed E-state index contributed by atoms with van der Waals surface area (Å²) in [5.74, 6) is -0.916. The Balaban J connectivity index is 2.21. The summed E-state index contributed by atoms with van der Waals surface area (Å²) < 4.78 is 21.8. The number of esters is 2. The van der Waals surface area contributed by atoms with Crippen LogP contribution in [0.2, 0.25) is 0 Å². The van der Waals surface area contributed by atoms with Gasteiger partial charge in [-0.05, 0) is 45.4 Å². The van der Waals surface area contributed by atoms with Crippen LogP contribution < -0.4 is 9.47 Å². The fourth-order valence-corrected chi connectivity index (χ4v) is 2.81. The second kappa shape index (κ2) is 10.5. The average molecular weight is 400 g/mol. The molecule has 156 valence electrons. The molecule has 0 bridgehead atoms. The molecule has 0 aliphatic rings. The van der Waals surface area contributed by atoms with Crippen LogP contribution in [0, 0.1) is 0 Å². The monoisotopic (exact) mass is 400 g/mol. The zero-order valence-electron chi connectivity index (χ0n) is 17.3. The van der Waals surface area contributed by atoms with E-state index in [9.17, 15) is 9.59 Å². The van der Waals surface area contributed by atoms with E-state index in [4.69, 9.17) is 18.9 Å². The number of hydrogen-bond acceptors (Lipinski definition) is 6. The van der Waals surface area contributed by atoms with E-state index in [0.717, 1.165) is 5.56 Å². The van der Waals surface area contributed by atoms with Gasteiger partial charge in [0.25, 0.3) is 6.10 Å². The van der Waals surface area contributed by atoms with E-state index in [1.165, 1.54) is 0 Å². The first-order valence-electron chi connectivity index (χ1n) is 9.68. The summed E-state index contributed by atoms with van der Waals surface area (Å²) >= 11 is 0. The van der Waals surface area contributed by atoms with Crippen LogP contribution in [0.4, 0.5) is 0 Å². The van der Waals surface area contributed by atoms with Crippen LogP contribution in [-0.4, -0.2) is 36.9 Å². The summed E-state index contributed by atoms with van der Waals surface area (Å²) in [6, 6.07) is 16.9. The summed E-state index contributed by atoms with van der Waals surface area (Å²) in [7, 11) is 0. The van der Waals surface area contributed by atoms with Gasteiger partial charge in [-0.3, -0.25) is 0 Å². The van der Waals surface area contributed by atoms with Crippen molar-refractivity contribution >= 4 is 11.9 Å². The zero-order valence-corrected chi connectivity index (χ0v) is 17.3. The van der Waals surface area contributed by atoms with E-state index in [1.807, 2.05) is 44.2 Å². The highest BCUT2D eigenvalue weighted by molar-refractivity contribution is 5.98. The summed E-state index contributed by atoms with van der Waals surface area (Å²) in [6.07, 6.45) is -0.849. The molecule has 2 aromatic carbocycles. The van der Waals surface area contributed by atoms with Gasteiger partial charge in [-0.1, -0.05) is 42.5 Å². The third-order valence-electron chi connectivity index (χ3n) is 3.95. The number of benzene rings is 2. The standard InChI is InChI=1S/C23H28O6/c1-5-26-21(24)20(22(25)27-6-2)28-18-14-10-11-15-19(18)29-23(3,4)16-17-12-8-7-9-13-17/h7-15,20H,5-6,16H2,1-4H3. The van der Waals surface area contributed by atoms with Crippen molar-refractivity contribution in [1.82, 2.24) is 0 Å². The van der Waals surface area contributed by atoms with Crippen LogP contribution in [-0.2, 0) is 25.5 Å². The van der Waals surface area contributed by atoms with Crippen molar-refractivity contribution in [3.63, 3.8) is 0 Å². The molecular formula is C23H28O6. The minimum absolute atomic E-state index is 0.125. The lowest BCUT2D eigenvalue weighted by atomic mass is 9.98. The van der Waals surface area contributed by atoms with Crippen LogP contribution in [0.3, 0.4) is 0 Å². The molecule has 0 unspecified atom stereocenters. The van der Waals surface area contributed by atoms with E-state index in [2.05, 4.69) is 0 Å². The van der Waals surface area contributed by atoms with Crippen LogP contribution in [0.5, 0.6) is 11.5 Å². The Hall–Kier alpha value is -3.02. The van der Waals surface area contributed by atoms with Gasteiger partial charge >= 0.3 is 11.9 Å². The Morgan fingerprint density at radius 3 is 1.90 bits per heavy atom. The quantitative estimate of drug-likeness (QED) is 0.444. The molecule has 0 amide bonds. The highest BCUT2D eigenvalue weighted by atomic mass is 16.6. The van der Waals surface area contributed by atoms with Gasteiger partial charge < -0.3 is 18.9 Å². The molecular weight excluding hydrogens is 372 g/mol. The van der Waals surface area contributed by atoms with E-state index in [1.54, 1.807) is 38.1 Å². The number of carbonyl (C=O) groups is 2. The molecule has 0 saturated carbocycles. The van der Waals surface area contributed by atoms with Gasteiger partial charge in [0.15, 0.2) is 11.5 Å². The molecule has 0 spiro atoms. The van der Waals surface area contributed by atoms with Crippen molar-refractivity contribution in [1.29, 1.82) is 0 Å². The maximum atomic E-state index is 12.2. The van der Waals surface area contributed by atoms with Gasteiger partial charge in [-0.25, -0.2) is 9.59 Å². The van der Waals surface area contributed by atoms with Crippen molar-refractivity contribution in [3.8, 4) is 11.5 Å². The maximum Gasteiger partial charge on any atom is 0.359 e. The Bertz CT molecular complexity index is 782. The minimum atomic E-state index is -1.52. The van der Waals surface area contributed by atoms with Gasteiger partial charge in [0.05, 0.1) is 13.2 Å². The number of para-hydroxylation sites is 2. The molecule has 0 aromatic heterocycles. The summed E-state index contributed by atoms with van der Waals surface area (Å²) in [5, 5.41) is 0. The molecule has 29 heavy (non-hydrogen) atoms. The lowest BCUT2D eigenvalue weighted by Crippen LogP contribution is -2.39. The molecule has 6 nitrogen and oxygen atoms in total. The first-order valence-corrected chi connectivity index (χ1v) is 9.68. The SMILES string of the molecule is CCOC(=O)C(Oc1ccccc1OC(C)(C)Cc1ccccc1)C(=O)OCC. The van der Waals surface area contributed by atoms with E-state index in [0.29, 0.717) is 12.2 Å². The van der Waals surface area contributed by atoms with Crippen LogP contribution in [0.15, 0.2) is 54.6 Å². The summed E-state index contributed by atoms with van der Waals surface area (Å²) in [4.78, 5) is 24.4. The molecule has 0 radical (unpaired) electrons. The first-order chi connectivity index (χ1) is 13.9. The average Bonchev–Trinajstić information content (AvgIpc) is 2.67. The molecule has 0 atom stereocenters. The lowest BCUT2D eigenvalue weighted by molar-refractivity contribution is -0.166. The fourth-order valence-electron chi connectivity index (χ4n) is 2.81. The van der Waals surface area contributed by atoms with Crippen molar-refractivity contribution in [3.05, 3.63) is 60.2 Å². The van der Waals surface area contributed by atoms with Crippen molar-refractivity contribution in [2.24, 2.45) is 0 Å². The predicted octanol–water partition coefficient (Wildman–Crippen LogP) is 3.96. The number of carbonyl (C=O) groups excluding carboxylic acids is 2. The second-order valence-electron chi connectivity index (χ2n) is 6.97. The van der Waals surface area contributed by atoms with Gasteiger partial charge in [-0.15, -0.1) is 0 Å². The molecule has 2 aromatic rings. The van der Waals surface area contributed by atoms with Crippen LogP contribution >= 0.6 is 0 Å². The molecule has 0 N–H and O–H groups in total. The molecule has 0 saturated heterocycles. The third-order valence-corrected chi connectivity index (χ3v) is 3.95.